The molecule has 4 heteroatoms. The van der Waals surface area contributed by atoms with Gasteiger partial charge in [-0.1, -0.05) is 6.92 Å². The van der Waals surface area contributed by atoms with Gasteiger partial charge in [-0.05, 0) is 19.3 Å². The lowest BCUT2D eigenvalue weighted by Gasteiger charge is -2.24. The fourth-order valence-electron chi connectivity index (χ4n) is 1.41. The zero-order valence-corrected chi connectivity index (χ0v) is 8.81. The number of thioether (sulfide) groups is 1. The molecule has 1 unspecified atom stereocenters. The average molecular weight is 203 g/mol. The van der Waals surface area contributed by atoms with E-state index in [0.717, 1.165) is 32.5 Å². The second kappa shape index (κ2) is 5.50. The number of rotatable bonds is 4. The Labute approximate surface area is 83.4 Å². The largest absolute Gasteiger partial charge is 0.381 e. The Morgan fingerprint density at radius 3 is 2.69 bits per heavy atom. The zero-order valence-electron chi connectivity index (χ0n) is 7.99. The SMILES string of the molecule is CCC(SC1CCOCC1)C(N)=O. The molecule has 1 amide bonds. The van der Waals surface area contributed by atoms with Gasteiger partial charge in [0.15, 0.2) is 0 Å². The van der Waals surface area contributed by atoms with Crippen LogP contribution in [0.25, 0.3) is 0 Å². The smallest absolute Gasteiger partial charge is 0.230 e. The van der Waals surface area contributed by atoms with E-state index >= 15 is 0 Å². The number of nitrogens with two attached hydrogens (primary N) is 1. The first-order valence-electron chi connectivity index (χ1n) is 4.76. The highest BCUT2D eigenvalue weighted by Crippen LogP contribution is 2.27. The zero-order chi connectivity index (χ0) is 9.68. The van der Waals surface area contributed by atoms with Crippen LogP contribution in [0.2, 0.25) is 0 Å². The van der Waals surface area contributed by atoms with E-state index in [9.17, 15) is 4.79 Å². The molecule has 3 nitrogen and oxygen atoms in total. The molecule has 1 saturated heterocycles. The van der Waals surface area contributed by atoms with Crippen molar-refractivity contribution < 1.29 is 9.53 Å². The molecule has 13 heavy (non-hydrogen) atoms. The molecule has 0 aromatic heterocycles. The summed E-state index contributed by atoms with van der Waals surface area (Å²) in [6.45, 7) is 3.65. The molecule has 1 fully saturated rings. The topological polar surface area (TPSA) is 52.3 Å². The minimum atomic E-state index is -0.181. The lowest BCUT2D eigenvalue weighted by atomic mass is 10.2. The first-order chi connectivity index (χ1) is 6.24. The molecular weight excluding hydrogens is 186 g/mol. The van der Waals surface area contributed by atoms with Gasteiger partial charge in [0, 0.05) is 18.5 Å². The normalized spacial score (nSPS) is 21.3. The molecule has 76 valence electrons. The molecule has 0 aromatic carbocycles. The Morgan fingerprint density at radius 1 is 1.62 bits per heavy atom. The van der Waals surface area contributed by atoms with Crippen molar-refractivity contribution >= 4 is 17.7 Å². The van der Waals surface area contributed by atoms with Crippen LogP contribution in [0.4, 0.5) is 0 Å². The first kappa shape index (κ1) is 10.9. The van der Waals surface area contributed by atoms with Crippen LogP contribution in [-0.4, -0.2) is 29.6 Å². The Kier molecular flexibility index (Phi) is 4.59. The first-order valence-corrected chi connectivity index (χ1v) is 5.70. The predicted octanol–water partition coefficient (Wildman–Crippen LogP) is 1.16. The van der Waals surface area contributed by atoms with Gasteiger partial charge in [-0.15, -0.1) is 11.8 Å². The number of primary amides is 1. The number of carbonyl (C=O) groups is 1. The van der Waals surface area contributed by atoms with Crippen LogP contribution < -0.4 is 5.73 Å². The van der Waals surface area contributed by atoms with Crippen molar-refractivity contribution in [1.82, 2.24) is 0 Å². The molecular formula is C9H17NO2S. The number of ether oxygens (including phenoxy) is 1. The summed E-state index contributed by atoms with van der Waals surface area (Å²) in [7, 11) is 0. The molecule has 0 aromatic rings. The van der Waals surface area contributed by atoms with Gasteiger partial charge in [-0.25, -0.2) is 0 Å². The third kappa shape index (κ3) is 3.56. The van der Waals surface area contributed by atoms with Crippen molar-refractivity contribution in [1.29, 1.82) is 0 Å². The molecule has 1 atom stereocenters. The van der Waals surface area contributed by atoms with Crippen molar-refractivity contribution in [2.75, 3.05) is 13.2 Å². The molecule has 1 heterocycles. The molecule has 1 rings (SSSR count). The average Bonchev–Trinajstić information content (AvgIpc) is 2.15. The molecule has 0 saturated carbocycles. The molecule has 0 spiro atoms. The minimum Gasteiger partial charge on any atom is -0.381 e. The third-order valence-electron chi connectivity index (χ3n) is 2.21. The fraction of sp³-hybridized carbons (Fsp3) is 0.889. The van der Waals surface area contributed by atoms with Crippen LogP contribution in [0.15, 0.2) is 0 Å². The second-order valence-electron chi connectivity index (χ2n) is 3.25. The highest BCUT2D eigenvalue weighted by atomic mass is 32.2. The summed E-state index contributed by atoms with van der Waals surface area (Å²) in [4.78, 5) is 11.0. The Bertz CT molecular complexity index is 169. The van der Waals surface area contributed by atoms with Crippen LogP contribution in [0.5, 0.6) is 0 Å². The molecule has 1 aliphatic heterocycles. The lowest BCUT2D eigenvalue weighted by molar-refractivity contribution is -0.117. The van der Waals surface area contributed by atoms with Gasteiger partial charge in [-0.2, -0.15) is 0 Å². The van der Waals surface area contributed by atoms with Crippen molar-refractivity contribution in [3.63, 3.8) is 0 Å². The number of hydrogen-bond donors (Lipinski definition) is 1. The van der Waals surface area contributed by atoms with E-state index in [0.29, 0.717) is 5.25 Å². The maximum atomic E-state index is 11.0. The summed E-state index contributed by atoms with van der Waals surface area (Å²) < 4.78 is 5.25. The van der Waals surface area contributed by atoms with Gasteiger partial charge in [0.05, 0.1) is 5.25 Å². The van der Waals surface area contributed by atoms with Crippen molar-refractivity contribution in [2.24, 2.45) is 5.73 Å². The van der Waals surface area contributed by atoms with Crippen LogP contribution >= 0.6 is 11.8 Å². The Hall–Kier alpha value is -0.220. The number of amides is 1. The second-order valence-corrected chi connectivity index (χ2v) is 4.75. The van der Waals surface area contributed by atoms with Crippen LogP contribution in [0.1, 0.15) is 26.2 Å². The van der Waals surface area contributed by atoms with Gasteiger partial charge in [-0.3, -0.25) is 4.79 Å². The van der Waals surface area contributed by atoms with E-state index in [1.165, 1.54) is 0 Å². The van der Waals surface area contributed by atoms with E-state index in [-0.39, 0.29) is 11.2 Å². The quantitative estimate of drug-likeness (QED) is 0.746. The van der Waals surface area contributed by atoms with Gasteiger partial charge >= 0.3 is 0 Å². The van der Waals surface area contributed by atoms with E-state index in [1.807, 2.05) is 6.92 Å². The van der Waals surface area contributed by atoms with E-state index < -0.39 is 0 Å². The van der Waals surface area contributed by atoms with E-state index in [2.05, 4.69) is 0 Å². The Morgan fingerprint density at radius 2 is 2.23 bits per heavy atom. The van der Waals surface area contributed by atoms with Crippen molar-refractivity contribution in [3.8, 4) is 0 Å². The summed E-state index contributed by atoms with van der Waals surface area (Å²) >= 11 is 1.72. The number of hydrogen-bond acceptors (Lipinski definition) is 3. The summed E-state index contributed by atoms with van der Waals surface area (Å²) in [5.41, 5.74) is 5.27. The fourth-order valence-corrected chi connectivity index (χ4v) is 2.66. The van der Waals surface area contributed by atoms with Crippen LogP contribution in [-0.2, 0) is 9.53 Å². The summed E-state index contributed by atoms with van der Waals surface area (Å²) in [5, 5.41) is 0.550. The highest BCUT2D eigenvalue weighted by molar-refractivity contribution is 8.01. The molecule has 0 radical (unpaired) electrons. The summed E-state index contributed by atoms with van der Waals surface area (Å²) in [6, 6.07) is 0. The monoisotopic (exact) mass is 203 g/mol. The maximum absolute atomic E-state index is 11.0. The predicted molar refractivity (Wildman–Crippen MR) is 54.7 cm³/mol. The number of carbonyl (C=O) groups excluding carboxylic acids is 1. The maximum Gasteiger partial charge on any atom is 0.230 e. The van der Waals surface area contributed by atoms with Crippen LogP contribution in [0, 0.1) is 0 Å². The standard InChI is InChI=1S/C9H17NO2S/c1-2-8(9(10)11)13-7-3-5-12-6-4-7/h7-8H,2-6H2,1H3,(H2,10,11). The van der Waals surface area contributed by atoms with Crippen LogP contribution in [0.3, 0.4) is 0 Å². The summed E-state index contributed by atoms with van der Waals surface area (Å²) in [5.74, 6) is -0.181. The minimum absolute atomic E-state index is 0.0110. The van der Waals surface area contributed by atoms with E-state index in [4.69, 9.17) is 10.5 Å². The highest BCUT2D eigenvalue weighted by Gasteiger charge is 2.21. The summed E-state index contributed by atoms with van der Waals surface area (Å²) in [6.07, 6.45) is 2.93. The molecule has 0 bridgehead atoms. The van der Waals surface area contributed by atoms with Gasteiger partial charge < -0.3 is 10.5 Å². The van der Waals surface area contributed by atoms with Gasteiger partial charge in [0.2, 0.25) is 5.91 Å². The van der Waals surface area contributed by atoms with Crippen molar-refractivity contribution in [2.45, 2.75) is 36.7 Å². The van der Waals surface area contributed by atoms with Gasteiger partial charge in [0.25, 0.3) is 0 Å². The van der Waals surface area contributed by atoms with Crippen molar-refractivity contribution in [3.05, 3.63) is 0 Å². The molecule has 2 N–H and O–H groups in total. The molecule has 1 aliphatic rings. The van der Waals surface area contributed by atoms with Gasteiger partial charge in [0.1, 0.15) is 0 Å². The Balaban J connectivity index is 2.31. The lowest BCUT2D eigenvalue weighted by Crippen LogP contribution is -2.29. The third-order valence-corrected chi connectivity index (χ3v) is 3.96. The molecule has 0 aliphatic carbocycles. The van der Waals surface area contributed by atoms with E-state index in [1.54, 1.807) is 11.8 Å².